The molecule has 0 aromatic heterocycles. The van der Waals surface area contributed by atoms with E-state index in [2.05, 4.69) is 0 Å². The molecule has 12 heteroatoms. The average molecular weight is 398 g/mol. The van der Waals surface area contributed by atoms with E-state index in [0.29, 0.717) is 0 Å². The van der Waals surface area contributed by atoms with E-state index < -0.39 is 74.6 Å². The second kappa shape index (κ2) is 9.14. The van der Waals surface area contributed by atoms with Crippen LogP contribution in [-0.4, -0.2) is 115 Å². The third-order valence-corrected chi connectivity index (χ3v) is 3.98. The molecule has 144 valence electrons. The van der Waals surface area contributed by atoms with E-state index in [-0.39, 0.29) is 17.1 Å². The Labute approximate surface area is 147 Å². The van der Waals surface area contributed by atoms with Crippen molar-refractivity contribution in [1.29, 1.82) is 0 Å². The fourth-order valence-electron chi connectivity index (χ4n) is 2.57. The van der Waals surface area contributed by atoms with Crippen molar-refractivity contribution in [3.63, 3.8) is 0 Å². The third-order valence-electron chi connectivity index (χ3n) is 3.98. The summed E-state index contributed by atoms with van der Waals surface area (Å²) in [4.78, 5) is 0. The summed E-state index contributed by atoms with van der Waals surface area (Å²) < 4.78 is 15.3. The van der Waals surface area contributed by atoms with Crippen LogP contribution in [0.1, 0.15) is 0 Å². The molecule has 0 saturated carbocycles. The fourth-order valence-corrected chi connectivity index (χ4v) is 2.57. The van der Waals surface area contributed by atoms with Crippen LogP contribution in [0.4, 0.5) is 0 Å². The predicted molar refractivity (Wildman–Crippen MR) is 68.6 cm³/mol. The number of hydrogen-bond donors (Lipinski definition) is 8. The van der Waals surface area contributed by atoms with Gasteiger partial charge in [0.15, 0.2) is 12.6 Å². The standard InChI is InChI=1S/C12H22O11.Fe/c13-1-3-5(15)6(16)9(19)12(22-3)23-10-4(2-14)21-11(20)8(18)7(10)17;/h3-20H,1-2H2;/t3-,4-,5+,6+,7-,8-,9-,10-,11?,12+;/m1./s1. The largest absolute Gasteiger partial charge is 0.394 e. The van der Waals surface area contributed by atoms with Crippen LogP contribution < -0.4 is 0 Å². The van der Waals surface area contributed by atoms with E-state index in [1.165, 1.54) is 0 Å². The van der Waals surface area contributed by atoms with Gasteiger partial charge in [-0.1, -0.05) is 0 Å². The van der Waals surface area contributed by atoms with Crippen molar-refractivity contribution < 1.29 is 72.1 Å². The van der Waals surface area contributed by atoms with Gasteiger partial charge in [-0.25, -0.2) is 0 Å². The number of rotatable bonds is 4. The van der Waals surface area contributed by atoms with Crippen molar-refractivity contribution in [2.75, 3.05) is 13.2 Å². The Kier molecular flexibility index (Phi) is 8.43. The molecule has 24 heavy (non-hydrogen) atoms. The Morgan fingerprint density at radius 2 is 1.25 bits per heavy atom. The predicted octanol–water partition coefficient (Wildman–Crippen LogP) is -5.40. The summed E-state index contributed by atoms with van der Waals surface area (Å²) in [5, 5.41) is 76.5. The second-order valence-electron chi connectivity index (χ2n) is 5.53. The zero-order valence-corrected chi connectivity index (χ0v) is 13.4. The molecule has 2 rings (SSSR count). The van der Waals surface area contributed by atoms with Crippen LogP contribution in [-0.2, 0) is 31.3 Å². The summed E-state index contributed by atoms with van der Waals surface area (Å²) in [6.45, 7) is -1.35. The first kappa shape index (κ1) is 22.1. The van der Waals surface area contributed by atoms with Crippen LogP contribution in [0.3, 0.4) is 0 Å². The van der Waals surface area contributed by atoms with E-state index in [0.717, 1.165) is 0 Å². The molecule has 0 amide bonds. The van der Waals surface area contributed by atoms with Crippen molar-refractivity contribution in [3.05, 3.63) is 0 Å². The Morgan fingerprint density at radius 3 is 1.79 bits per heavy atom. The quantitative estimate of drug-likeness (QED) is 0.211. The van der Waals surface area contributed by atoms with E-state index >= 15 is 0 Å². The number of ether oxygens (including phenoxy) is 3. The second-order valence-corrected chi connectivity index (χ2v) is 5.53. The van der Waals surface area contributed by atoms with Gasteiger partial charge in [-0.2, -0.15) is 0 Å². The van der Waals surface area contributed by atoms with Crippen LogP contribution in [0, 0.1) is 0 Å². The smallest absolute Gasteiger partial charge is 0.187 e. The minimum Gasteiger partial charge on any atom is -0.394 e. The molecule has 1 unspecified atom stereocenters. The monoisotopic (exact) mass is 398 g/mol. The van der Waals surface area contributed by atoms with Crippen LogP contribution in [0.15, 0.2) is 0 Å². The Hall–Kier alpha value is 0.0795. The Morgan fingerprint density at radius 1 is 0.667 bits per heavy atom. The normalized spacial score (nSPS) is 49.5. The zero-order valence-electron chi connectivity index (χ0n) is 12.3. The minimum absolute atomic E-state index is 0. The van der Waals surface area contributed by atoms with Crippen molar-refractivity contribution in [2.45, 2.75) is 61.4 Å². The number of aliphatic hydroxyl groups excluding tert-OH is 8. The SMILES string of the molecule is OC[C@H]1O[C@@H](O[C@H]2[C@H](O)[C@@H](O)C(O)O[C@@H]2CO)[C@H](O)[C@@H](O)[C@H]1O.[Fe]. The molecule has 2 heterocycles. The summed E-state index contributed by atoms with van der Waals surface area (Å²) in [6, 6.07) is 0. The van der Waals surface area contributed by atoms with E-state index in [9.17, 15) is 35.7 Å². The van der Waals surface area contributed by atoms with Crippen LogP contribution in [0.25, 0.3) is 0 Å². The molecule has 0 bridgehead atoms. The van der Waals surface area contributed by atoms with Gasteiger partial charge in [0, 0.05) is 17.1 Å². The Balaban J connectivity index is 0.00000288. The van der Waals surface area contributed by atoms with Gasteiger partial charge in [-0.15, -0.1) is 0 Å². The van der Waals surface area contributed by atoms with Gasteiger partial charge in [0.2, 0.25) is 0 Å². The number of hydrogen-bond acceptors (Lipinski definition) is 11. The van der Waals surface area contributed by atoms with Gasteiger partial charge in [-0.05, 0) is 0 Å². The Bertz CT molecular complexity index is 384. The average Bonchev–Trinajstić information content (AvgIpc) is 2.55. The molecule has 0 radical (unpaired) electrons. The van der Waals surface area contributed by atoms with Crippen molar-refractivity contribution in [2.24, 2.45) is 0 Å². The van der Waals surface area contributed by atoms with Crippen molar-refractivity contribution in [3.8, 4) is 0 Å². The molecule has 0 aromatic rings. The van der Waals surface area contributed by atoms with E-state index in [4.69, 9.17) is 19.3 Å². The molecule has 2 saturated heterocycles. The van der Waals surface area contributed by atoms with Gasteiger partial charge in [0.25, 0.3) is 0 Å². The number of aliphatic hydroxyl groups is 8. The molecule has 11 nitrogen and oxygen atoms in total. The molecule has 0 aromatic carbocycles. The van der Waals surface area contributed by atoms with E-state index in [1.807, 2.05) is 0 Å². The van der Waals surface area contributed by atoms with Crippen molar-refractivity contribution >= 4 is 0 Å². The fraction of sp³-hybridized carbons (Fsp3) is 1.00. The summed E-state index contributed by atoms with van der Waals surface area (Å²) >= 11 is 0. The molecule has 2 aliphatic heterocycles. The van der Waals surface area contributed by atoms with Crippen LogP contribution in [0.2, 0.25) is 0 Å². The summed E-state index contributed by atoms with van der Waals surface area (Å²) in [7, 11) is 0. The maximum atomic E-state index is 9.94. The molecule has 8 N–H and O–H groups in total. The maximum Gasteiger partial charge on any atom is 0.187 e. The first-order chi connectivity index (χ1) is 10.8. The van der Waals surface area contributed by atoms with Gasteiger partial charge >= 0.3 is 0 Å². The van der Waals surface area contributed by atoms with Crippen molar-refractivity contribution in [1.82, 2.24) is 0 Å². The molecule has 2 aliphatic rings. The molecule has 0 spiro atoms. The van der Waals surface area contributed by atoms with Gasteiger partial charge in [-0.3, -0.25) is 0 Å². The van der Waals surface area contributed by atoms with E-state index in [1.54, 1.807) is 0 Å². The molecule has 10 atom stereocenters. The summed E-state index contributed by atoms with van der Waals surface area (Å²) in [5.41, 5.74) is 0. The van der Waals surface area contributed by atoms with Crippen LogP contribution in [0.5, 0.6) is 0 Å². The van der Waals surface area contributed by atoms with Gasteiger partial charge in [0.1, 0.15) is 48.8 Å². The molecular weight excluding hydrogens is 376 g/mol. The van der Waals surface area contributed by atoms with Gasteiger partial charge < -0.3 is 55.1 Å². The minimum atomic E-state index is -1.74. The summed E-state index contributed by atoms with van der Waals surface area (Å²) in [6.07, 6.45) is -15.6. The van der Waals surface area contributed by atoms with Gasteiger partial charge in [0.05, 0.1) is 13.2 Å². The zero-order chi connectivity index (χ0) is 17.3. The molecule has 2 fully saturated rings. The first-order valence-corrected chi connectivity index (χ1v) is 7.08. The molecular formula is C12H22FeO11. The maximum absolute atomic E-state index is 9.94. The summed E-state index contributed by atoms with van der Waals surface area (Å²) in [5.74, 6) is 0. The topological polar surface area (TPSA) is 190 Å². The molecule has 0 aliphatic carbocycles. The van der Waals surface area contributed by atoms with Crippen LogP contribution >= 0.6 is 0 Å². The third kappa shape index (κ3) is 4.24. The first-order valence-electron chi connectivity index (χ1n) is 7.08.